The predicted molar refractivity (Wildman–Crippen MR) is 48.9 cm³/mol. The van der Waals surface area contributed by atoms with Gasteiger partial charge in [0.15, 0.2) is 0 Å². The first-order valence-corrected chi connectivity index (χ1v) is 4.13. The van der Waals surface area contributed by atoms with Crippen molar-refractivity contribution in [2.24, 2.45) is 0 Å². The summed E-state index contributed by atoms with van der Waals surface area (Å²) < 4.78 is 4.74. The van der Waals surface area contributed by atoms with Crippen LogP contribution in [0.1, 0.15) is 13.8 Å². The van der Waals surface area contributed by atoms with Gasteiger partial charge in [-0.05, 0) is 13.8 Å². The lowest BCUT2D eigenvalue weighted by atomic mass is 10.5. The number of allylic oxidation sites excluding steroid dienone is 1. The second-order valence-corrected chi connectivity index (χ2v) is 3.03. The molecule has 0 aliphatic heterocycles. The summed E-state index contributed by atoms with van der Waals surface area (Å²) in [4.78, 5) is 12.6. The Hall–Kier alpha value is -0.700. The van der Waals surface area contributed by atoms with E-state index in [0.717, 1.165) is 0 Å². The van der Waals surface area contributed by atoms with Crippen LogP contribution in [0.2, 0.25) is 0 Å². The van der Waals surface area contributed by atoms with Crippen LogP contribution in [-0.4, -0.2) is 31.1 Å². The Kier molecular flexibility index (Phi) is 5.54. The first-order chi connectivity index (χ1) is 5.56. The van der Waals surface area contributed by atoms with Crippen LogP contribution in [0.4, 0.5) is 0 Å². The van der Waals surface area contributed by atoms with Crippen molar-refractivity contribution >= 4 is 17.6 Å². The van der Waals surface area contributed by atoms with E-state index in [9.17, 15) is 4.79 Å². The molecule has 0 bridgehead atoms. The molecule has 0 fully saturated rings. The lowest BCUT2D eigenvalue weighted by molar-refractivity contribution is -0.143. The number of esters is 1. The van der Waals surface area contributed by atoms with Crippen LogP contribution in [0.15, 0.2) is 11.2 Å². The summed E-state index contributed by atoms with van der Waals surface area (Å²) in [6.45, 7) is 4.18. The summed E-state index contributed by atoms with van der Waals surface area (Å²) in [5, 5.41) is 0.641. The molecule has 70 valence electrons. The van der Waals surface area contributed by atoms with E-state index < -0.39 is 0 Å². The average Bonchev–Trinajstić information content (AvgIpc) is 1.84. The molecule has 0 aliphatic rings. The van der Waals surface area contributed by atoms with E-state index in [1.165, 1.54) is 0 Å². The SMILES string of the molecule is CCOC(=O)CN(C)C=C(C)Cl. The summed E-state index contributed by atoms with van der Waals surface area (Å²) in [6, 6.07) is 0. The van der Waals surface area contributed by atoms with Gasteiger partial charge in [0.1, 0.15) is 6.54 Å². The third kappa shape index (κ3) is 6.04. The zero-order valence-electron chi connectivity index (χ0n) is 7.63. The molecule has 0 atom stereocenters. The number of nitrogens with zero attached hydrogens (tertiary/aromatic N) is 1. The summed E-state index contributed by atoms with van der Waals surface area (Å²) in [7, 11) is 1.77. The molecule has 0 rings (SSSR count). The minimum absolute atomic E-state index is 0.234. The maximum atomic E-state index is 10.9. The predicted octanol–water partition coefficient (Wildman–Crippen LogP) is 1.58. The lowest BCUT2D eigenvalue weighted by Gasteiger charge is -2.12. The van der Waals surface area contributed by atoms with Gasteiger partial charge >= 0.3 is 5.97 Å². The highest BCUT2D eigenvalue weighted by molar-refractivity contribution is 6.29. The van der Waals surface area contributed by atoms with Gasteiger partial charge in [-0.1, -0.05) is 11.6 Å². The first-order valence-electron chi connectivity index (χ1n) is 3.76. The molecular formula is C8H14ClNO2. The zero-order chi connectivity index (χ0) is 9.56. The Morgan fingerprint density at radius 2 is 2.25 bits per heavy atom. The molecular weight excluding hydrogens is 178 g/mol. The third-order valence-corrected chi connectivity index (χ3v) is 1.18. The summed E-state index contributed by atoms with van der Waals surface area (Å²) in [5.41, 5.74) is 0. The van der Waals surface area contributed by atoms with Crippen molar-refractivity contribution in [3.63, 3.8) is 0 Å². The second kappa shape index (κ2) is 5.89. The Morgan fingerprint density at radius 1 is 1.67 bits per heavy atom. The highest BCUT2D eigenvalue weighted by Gasteiger charge is 2.03. The molecule has 0 heterocycles. The van der Waals surface area contributed by atoms with Crippen LogP contribution in [0, 0.1) is 0 Å². The number of halogens is 1. The van der Waals surface area contributed by atoms with E-state index in [0.29, 0.717) is 11.6 Å². The Labute approximate surface area is 77.9 Å². The number of rotatable bonds is 4. The summed E-state index contributed by atoms with van der Waals surface area (Å²) in [6.07, 6.45) is 1.68. The number of likely N-dealkylation sites (N-methyl/N-ethyl adjacent to an activating group) is 1. The maximum absolute atomic E-state index is 10.9. The molecule has 0 aromatic rings. The monoisotopic (exact) mass is 191 g/mol. The number of ether oxygens (including phenoxy) is 1. The molecule has 0 radical (unpaired) electrons. The molecule has 4 heteroatoms. The molecule has 0 aromatic carbocycles. The molecule has 0 unspecified atom stereocenters. The van der Waals surface area contributed by atoms with Crippen LogP contribution < -0.4 is 0 Å². The van der Waals surface area contributed by atoms with E-state index in [1.807, 2.05) is 0 Å². The van der Waals surface area contributed by atoms with Crippen LogP contribution >= 0.6 is 11.6 Å². The smallest absolute Gasteiger partial charge is 0.325 e. The summed E-state index contributed by atoms with van der Waals surface area (Å²) in [5.74, 6) is -0.242. The molecule has 0 spiro atoms. The van der Waals surface area contributed by atoms with Gasteiger partial charge in [-0.3, -0.25) is 4.79 Å². The van der Waals surface area contributed by atoms with E-state index in [1.54, 1.807) is 32.0 Å². The lowest BCUT2D eigenvalue weighted by Crippen LogP contribution is -2.23. The van der Waals surface area contributed by atoms with Gasteiger partial charge in [0.05, 0.1) is 6.61 Å². The molecule has 0 N–H and O–H groups in total. The van der Waals surface area contributed by atoms with Gasteiger partial charge in [0, 0.05) is 18.3 Å². The maximum Gasteiger partial charge on any atom is 0.325 e. The Balaban J connectivity index is 3.76. The average molecular weight is 192 g/mol. The van der Waals surface area contributed by atoms with Gasteiger partial charge in [-0.2, -0.15) is 0 Å². The largest absolute Gasteiger partial charge is 0.465 e. The molecule has 0 amide bonds. The van der Waals surface area contributed by atoms with E-state index in [4.69, 9.17) is 16.3 Å². The molecule has 12 heavy (non-hydrogen) atoms. The Bertz CT molecular complexity index is 176. The van der Waals surface area contributed by atoms with Crippen molar-refractivity contribution in [2.45, 2.75) is 13.8 Å². The number of carbonyl (C=O) groups excluding carboxylic acids is 1. The standard InChI is InChI=1S/C8H14ClNO2/c1-4-12-8(11)6-10(3)5-7(2)9/h5H,4,6H2,1-3H3. The van der Waals surface area contributed by atoms with Gasteiger partial charge in [0.25, 0.3) is 0 Å². The van der Waals surface area contributed by atoms with Crippen molar-refractivity contribution in [2.75, 3.05) is 20.2 Å². The van der Waals surface area contributed by atoms with Crippen LogP contribution in [-0.2, 0) is 9.53 Å². The van der Waals surface area contributed by atoms with Gasteiger partial charge in [0.2, 0.25) is 0 Å². The van der Waals surface area contributed by atoms with Crippen molar-refractivity contribution in [3.8, 4) is 0 Å². The third-order valence-electron chi connectivity index (χ3n) is 1.08. The number of hydrogen-bond acceptors (Lipinski definition) is 3. The molecule has 3 nitrogen and oxygen atoms in total. The molecule has 0 aliphatic carbocycles. The van der Waals surface area contributed by atoms with Gasteiger partial charge in [-0.25, -0.2) is 0 Å². The van der Waals surface area contributed by atoms with E-state index in [2.05, 4.69) is 0 Å². The zero-order valence-corrected chi connectivity index (χ0v) is 8.39. The fourth-order valence-corrected chi connectivity index (χ4v) is 0.926. The minimum atomic E-state index is -0.242. The highest BCUT2D eigenvalue weighted by atomic mass is 35.5. The van der Waals surface area contributed by atoms with Crippen LogP contribution in [0.5, 0.6) is 0 Å². The van der Waals surface area contributed by atoms with Gasteiger partial charge in [-0.15, -0.1) is 0 Å². The second-order valence-electron chi connectivity index (χ2n) is 2.44. The molecule has 0 aromatic heterocycles. The molecule has 0 saturated heterocycles. The quantitative estimate of drug-likeness (QED) is 0.632. The van der Waals surface area contributed by atoms with Crippen molar-refractivity contribution in [1.82, 2.24) is 4.90 Å². The van der Waals surface area contributed by atoms with Crippen molar-refractivity contribution in [3.05, 3.63) is 11.2 Å². The van der Waals surface area contributed by atoms with Crippen LogP contribution in [0.25, 0.3) is 0 Å². The number of carbonyl (C=O) groups is 1. The van der Waals surface area contributed by atoms with E-state index >= 15 is 0 Å². The summed E-state index contributed by atoms with van der Waals surface area (Å²) >= 11 is 5.60. The van der Waals surface area contributed by atoms with Crippen molar-refractivity contribution in [1.29, 1.82) is 0 Å². The fraction of sp³-hybridized carbons (Fsp3) is 0.625. The normalized spacial score (nSPS) is 11.2. The Morgan fingerprint density at radius 3 is 2.67 bits per heavy atom. The van der Waals surface area contributed by atoms with Crippen molar-refractivity contribution < 1.29 is 9.53 Å². The fourth-order valence-electron chi connectivity index (χ4n) is 0.760. The van der Waals surface area contributed by atoms with Crippen LogP contribution in [0.3, 0.4) is 0 Å². The highest BCUT2D eigenvalue weighted by Crippen LogP contribution is 1.99. The van der Waals surface area contributed by atoms with E-state index in [-0.39, 0.29) is 12.5 Å². The minimum Gasteiger partial charge on any atom is -0.465 e. The number of hydrogen-bond donors (Lipinski definition) is 0. The first kappa shape index (κ1) is 11.3. The molecule has 0 saturated carbocycles. The van der Waals surface area contributed by atoms with Gasteiger partial charge < -0.3 is 9.64 Å². The topological polar surface area (TPSA) is 29.5 Å².